The fourth-order valence-corrected chi connectivity index (χ4v) is 2.76. The van der Waals surface area contributed by atoms with Crippen LogP contribution in [-0.4, -0.2) is 25.1 Å². The van der Waals surface area contributed by atoms with Gasteiger partial charge < -0.3 is 0 Å². The number of H-pyrrole nitrogens is 1. The Hall–Kier alpha value is -1.70. The normalized spacial score (nSPS) is 10.8. The van der Waals surface area contributed by atoms with E-state index in [1.54, 1.807) is 12.1 Å². The Bertz CT molecular complexity index is 775. The summed E-state index contributed by atoms with van der Waals surface area (Å²) in [6.07, 6.45) is 0. The van der Waals surface area contributed by atoms with Crippen LogP contribution in [0.4, 0.5) is 4.39 Å². The molecule has 0 spiro atoms. The lowest BCUT2D eigenvalue weighted by Crippen LogP contribution is -1.88. The van der Waals surface area contributed by atoms with Gasteiger partial charge in [-0.15, -0.1) is 5.10 Å². The molecule has 0 fully saturated rings. The molecular weight excluding hydrogens is 336 g/mol. The number of rotatable bonds is 3. The number of halogens is 3. The van der Waals surface area contributed by atoms with Gasteiger partial charge in [0.15, 0.2) is 11.0 Å². The van der Waals surface area contributed by atoms with E-state index in [0.717, 1.165) is 11.8 Å². The molecule has 3 aromatic rings. The fourth-order valence-electron chi connectivity index (χ4n) is 1.55. The molecule has 9 heteroatoms. The third-order valence-electron chi connectivity index (χ3n) is 2.39. The third-order valence-corrected chi connectivity index (χ3v) is 3.51. The van der Waals surface area contributed by atoms with Gasteiger partial charge in [0.1, 0.15) is 16.1 Å². The largest absolute Gasteiger partial charge is 0.258 e. The molecule has 0 amide bonds. The van der Waals surface area contributed by atoms with Crippen molar-refractivity contribution in [2.45, 2.75) is 10.3 Å². The van der Waals surface area contributed by atoms with Gasteiger partial charge in [-0.25, -0.2) is 19.3 Å². The smallest absolute Gasteiger partial charge is 0.216 e. The van der Waals surface area contributed by atoms with Crippen molar-refractivity contribution in [3.05, 3.63) is 46.5 Å². The summed E-state index contributed by atoms with van der Waals surface area (Å²) in [6, 6.07) is 7.48. The van der Waals surface area contributed by atoms with Crippen molar-refractivity contribution in [3.63, 3.8) is 0 Å². The number of hydrogen-bond donors (Lipinski definition) is 1. The molecule has 21 heavy (non-hydrogen) atoms. The van der Waals surface area contributed by atoms with Gasteiger partial charge >= 0.3 is 0 Å². The Morgan fingerprint density at radius 2 is 1.76 bits per heavy atom. The fraction of sp³-hybridized carbons (Fsp3) is 0. The predicted molar refractivity (Wildman–Crippen MR) is 78.0 cm³/mol. The van der Waals surface area contributed by atoms with Gasteiger partial charge in [0.25, 0.3) is 0 Å². The lowest BCUT2D eigenvalue weighted by Gasteiger charge is -1.97. The van der Waals surface area contributed by atoms with Crippen molar-refractivity contribution in [1.29, 1.82) is 0 Å². The van der Waals surface area contributed by atoms with E-state index in [0.29, 0.717) is 21.7 Å². The molecular formula is C12H6Cl2FN5S. The predicted octanol–water partition coefficient (Wildman–Crippen LogP) is 3.86. The van der Waals surface area contributed by atoms with Crippen LogP contribution in [0.1, 0.15) is 0 Å². The Morgan fingerprint density at radius 1 is 1.00 bits per heavy atom. The highest BCUT2D eigenvalue weighted by molar-refractivity contribution is 7.99. The first-order valence-electron chi connectivity index (χ1n) is 5.66. The first kappa shape index (κ1) is 14.2. The molecule has 2 heterocycles. The number of benzene rings is 1. The quantitative estimate of drug-likeness (QED) is 0.578. The number of aromatic amines is 1. The van der Waals surface area contributed by atoms with Gasteiger partial charge in [0.2, 0.25) is 5.16 Å². The first-order valence-corrected chi connectivity index (χ1v) is 7.24. The summed E-state index contributed by atoms with van der Waals surface area (Å²) < 4.78 is 13.2. The summed E-state index contributed by atoms with van der Waals surface area (Å²) in [7, 11) is 0. The summed E-state index contributed by atoms with van der Waals surface area (Å²) in [6.45, 7) is 0. The van der Waals surface area contributed by atoms with Crippen LogP contribution in [0, 0.1) is 5.82 Å². The van der Waals surface area contributed by atoms with Crippen LogP contribution >= 0.6 is 35.0 Å². The molecule has 106 valence electrons. The lowest BCUT2D eigenvalue weighted by atomic mass is 10.2. The number of aromatic nitrogens is 5. The van der Waals surface area contributed by atoms with E-state index in [4.69, 9.17) is 23.2 Å². The number of nitrogens with zero attached hydrogens (tertiary/aromatic N) is 4. The van der Waals surface area contributed by atoms with Gasteiger partial charge in [-0.3, -0.25) is 5.10 Å². The van der Waals surface area contributed by atoms with Crippen molar-refractivity contribution < 1.29 is 4.39 Å². The van der Waals surface area contributed by atoms with Crippen LogP contribution in [-0.2, 0) is 0 Å². The van der Waals surface area contributed by atoms with E-state index in [2.05, 4.69) is 25.1 Å². The van der Waals surface area contributed by atoms with E-state index in [-0.39, 0.29) is 16.1 Å². The van der Waals surface area contributed by atoms with Gasteiger partial charge in [-0.1, -0.05) is 35.3 Å². The monoisotopic (exact) mass is 341 g/mol. The minimum Gasteiger partial charge on any atom is -0.258 e. The third kappa shape index (κ3) is 3.49. The second kappa shape index (κ2) is 5.97. The van der Waals surface area contributed by atoms with E-state index >= 15 is 0 Å². The highest BCUT2D eigenvalue weighted by Crippen LogP contribution is 2.26. The summed E-state index contributed by atoms with van der Waals surface area (Å²) in [5.74, 6) is 0.105. The zero-order valence-electron chi connectivity index (χ0n) is 10.2. The second-order valence-electron chi connectivity index (χ2n) is 3.87. The molecule has 0 saturated heterocycles. The van der Waals surface area contributed by atoms with Crippen LogP contribution in [0.2, 0.25) is 10.3 Å². The topological polar surface area (TPSA) is 67.3 Å². The van der Waals surface area contributed by atoms with E-state index < -0.39 is 0 Å². The maximum absolute atomic E-state index is 13.2. The Morgan fingerprint density at radius 3 is 2.48 bits per heavy atom. The van der Waals surface area contributed by atoms with Crippen molar-refractivity contribution in [1.82, 2.24) is 25.1 Å². The summed E-state index contributed by atoms with van der Waals surface area (Å²) in [4.78, 5) is 12.2. The Kier molecular flexibility index (Phi) is 4.05. The zero-order valence-corrected chi connectivity index (χ0v) is 12.5. The molecule has 3 rings (SSSR count). The molecule has 0 atom stereocenters. The van der Waals surface area contributed by atoms with E-state index in [9.17, 15) is 4.39 Å². The molecule has 0 aliphatic rings. The minimum atomic E-state index is -0.344. The van der Waals surface area contributed by atoms with Crippen molar-refractivity contribution in [2.24, 2.45) is 0 Å². The van der Waals surface area contributed by atoms with Crippen LogP contribution < -0.4 is 0 Å². The number of hydrogen-bond acceptors (Lipinski definition) is 5. The molecule has 0 saturated carbocycles. The van der Waals surface area contributed by atoms with Crippen LogP contribution in [0.25, 0.3) is 11.4 Å². The summed E-state index contributed by atoms with van der Waals surface area (Å²) in [5, 5.41) is 7.93. The molecule has 2 aromatic heterocycles. The van der Waals surface area contributed by atoms with Gasteiger partial charge in [0.05, 0.1) is 0 Å². The molecule has 0 aliphatic heterocycles. The van der Waals surface area contributed by atoms with Crippen LogP contribution in [0.3, 0.4) is 0 Å². The Labute approximate surface area is 132 Å². The first-order chi connectivity index (χ1) is 10.1. The minimum absolute atomic E-state index is 0.235. The maximum atomic E-state index is 13.2. The molecule has 0 unspecified atom stereocenters. The summed E-state index contributed by atoms with van der Waals surface area (Å²) in [5.41, 5.74) is 0.597. The van der Waals surface area contributed by atoms with Gasteiger partial charge in [0, 0.05) is 11.6 Å². The van der Waals surface area contributed by atoms with E-state index in [1.807, 2.05) is 0 Å². The van der Waals surface area contributed by atoms with Crippen molar-refractivity contribution in [3.8, 4) is 11.4 Å². The lowest BCUT2D eigenvalue weighted by molar-refractivity contribution is 0.628. The molecule has 0 bridgehead atoms. The molecule has 5 nitrogen and oxygen atoms in total. The van der Waals surface area contributed by atoms with Crippen LogP contribution in [0.15, 0.2) is 40.6 Å². The zero-order chi connectivity index (χ0) is 14.8. The Balaban J connectivity index is 1.85. The standard InChI is InChI=1S/C12H6Cl2FN5S/c13-8-5-9(14)17-11(16-8)21-12-18-10(19-20-12)6-2-1-3-7(15)4-6/h1-5H,(H,18,19,20). The van der Waals surface area contributed by atoms with Crippen molar-refractivity contribution in [2.75, 3.05) is 0 Å². The average Bonchev–Trinajstić information content (AvgIpc) is 2.86. The number of nitrogens with one attached hydrogen (secondary N) is 1. The van der Waals surface area contributed by atoms with Crippen molar-refractivity contribution >= 4 is 35.0 Å². The average molecular weight is 342 g/mol. The molecule has 1 N–H and O–H groups in total. The van der Waals surface area contributed by atoms with Gasteiger partial charge in [-0.05, 0) is 23.9 Å². The SMILES string of the molecule is Fc1cccc(-c2nc(Sc3nc(Cl)cc(Cl)n3)n[nH]2)c1. The maximum Gasteiger partial charge on any atom is 0.216 e. The van der Waals surface area contributed by atoms with Crippen LogP contribution in [0.5, 0.6) is 0 Å². The van der Waals surface area contributed by atoms with Gasteiger partial charge in [-0.2, -0.15) is 0 Å². The molecule has 1 aromatic carbocycles. The molecule has 0 radical (unpaired) electrons. The summed E-state index contributed by atoms with van der Waals surface area (Å²) >= 11 is 12.7. The second-order valence-corrected chi connectivity index (χ2v) is 5.58. The van der Waals surface area contributed by atoms with E-state index in [1.165, 1.54) is 18.2 Å². The highest BCUT2D eigenvalue weighted by Gasteiger charge is 2.10. The molecule has 0 aliphatic carbocycles. The highest BCUT2D eigenvalue weighted by atomic mass is 35.5.